The van der Waals surface area contributed by atoms with Crippen LogP contribution in [0.3, 0.4) is 0 Å². The van der Waals surface area contributed by atoms with Crippen LogP contribution in [-0.4, -0.2) is 49.0 Å². The van der Waals surface area contributed by atoms with E-state index < -0.39 is 0 Å². The van der Waals surface area contributed by atoms with Crippen LogP contribution in [0.1, 0.15) is 16.9 Å². The van der Waals surface area contributed by atoms with E-state index in [4.69, 9.17) is 4.74 Å². The van der Waals surface area contributed by atoms with E-state index in [1.165, 1.54) is 10.4 Å². The van der Waals surface area contributed by atoms with Gasteiger partial charge in [-0.1, -0.05) is 18.2 Å². The molecule has 24 heavy (non-hydrogen) atoms. The van der Waals surface area contributed by atoms with E-state index in [-0.39, 0.29) is 5.91 Å². The number of ether oxygens (including phenoxy) is 1. The molecule has 0 radical (unpaired) electrons. The first-order chi connectivity index (χ1) is 11.7. The van der Waals surface area contributed by atoms with Crippen LogP contribution < -0.4 is 4.74 Å². The number of likely N-dealkylation sites (N-methyl/N-ethyl adjacent to an activating group) is 1. The van der Waals surface area contributed by atoms with Gasteiger partial charge in [0.15, 0.2) is 0 Å². The summed E-state index contributed by atoms with van der Waals surface area (Å²) in [4.78, 5) is 17.9. The molecule has 0 saturated heterocycles. The normalized spacial score (nSPS) is 14.2. The zero-order valence-electron chi connectivity index (χ0n) is 14.1. The van der Waals surface area contributed by atoms with E-state index in [2.05, 4.69) is 16.3 Å². The van der Waals surface area contributed by atoms with E-state index in [1.54, 1.807) is 0 Å². The zero-order valence-corrected chi connectivity index (χ0v) is 14.9. The molecule has 5 heteroatoms. The zero-order chi connectivity index (χ0) is 16.8. The number of hydrogen-bond donors (Lipinski definition) is 0. The molecule has 1 aromatic carbocycles. The third-order valence-corrected chi connectivity index (χ3v) is 5.34. The average molecular weight is 344 g/mol. The lowest BCUT2D eigenvalue weighted by molar-refractivity contribution is -0.131. The van der Waals surface area contributed by atoms with Gasteiger partial charge in [0, 0.05) is 31.6 Å². The number of carbonyl (C=O) groups is 1. The third kappa shape index (κ3) is 4.58. The summed E-state index contributed by atoms with van der Waals surface area (Å²) < 4.78 is 5.67. The van der Waals surface area contributed by atoms with Crippen molar-refractivity contribution >= 4 is 17.2 Å². The molecule has 3 rings (SSSR count). The van der Waals surface area contributed by atoms with Gasteiger partial charge in [-0.2, -0.15) is 0 Å². The van der Waals surface area contributed by atoms with Gasteiger partial charge in [0.05, 0.1) is 13.2 Å². The molecular weight excluding hydrogens is 320 g/mol. The van der Waals surface area contributed by atoms with Crippen molar-refractivity contribution in [3.8, 4) is 5.75 Å². The van der Waals surface area contributed by atoms with Crippen molar-refractivity contribution in [1.82, 2.24) is 9.80 Å². The Labute approximate surface area is 147 Å². The summed E-state index contributed by atoms with van der Waals surface area (Å²) in [6.45, 7) is 3.73. The lowest BCUT2D eigenvalue weighted by Gasteiger charge is -2.28. The van der Waals surface area contributed by atoms with E-state index >= 15 is 0 Å². The SMILES string of the molecule is CN(CCCOc1ccccc1)C(=O)CN1CCc2sccc2C1. The van der Waals surface area contributed by atoms with Crippen LogP contribution in [0.15, 0.2) is 41.8 Å². The molecule has 2 heterocycles. The number of para-hydroxylation sites is 1. The van der Waals surface area contributed by atoms with Gasteiger partial charge in [0.2, 0.25) is 5.91 Å². The Kier molecular flexibility index (Phi) is 5.88. The van der Waals surface area contributed by atoms with Crippen molar-refractivity contribution in [2.75, 3.05) is 33.3 Å². The number of nitrogens with zero attached hydrogens (tertiary/aromatic N) is 2. The summed E-state index contributed by atoms with van der Waals surface area (Å²) in [6.07, 6.45) is 1.90. The number of carbonyl (C=O) groups excluding carboxylic acids is 1. The highest BCUT2D eigenvalue weighted by Crippen LogP contribution is 2.23. The molecule has 0 bridgehead atoms. The van der Waals surface area contributed by atoms with Crippen molar-refractivity contribution in [2.24, 2.45) is 0 Å². The Balaban J connectivity index is 1.36. The Morgan fingerprint density at radius 1 is 1.29 bits per heavy atom. The van der Waals surface area contributed by atoms with Gasteiger partial charge in [-0.15, -0.1) is 11.3 Å². The number of benzene rings is 1. The first-order valence-electron chi connectivity index (χ1n) is 8.42. The molecule has 0 unspecified atom stereocenters. The van der Waals surface area contributed by atoms with Gasteiger partial charge in [0.25, 0.3) is 0 Å². The third-order valence-electron chi connectivity index (χ3n) is 4.32. The van der Waals surface area contributed by atoms with Crippen molar-refractivity contribution in [2.45, 2.75) is 19.4 Å². The second kappa shape index (κ2) is 8.31. The smallest absolute Gasteiger partial charge is 0.236 e. The van der Waals surface area contributed by atoms with E-state index in [0.29, 0.717) is 13.2 Å². The monoisotopic (exact) mass is 344 g/mol. The molecule has 0 spiro atoms. The summed E-state index contributed by atoms with van der Waals surface area (Å²) >= 11 is 1.83. The molecular formula is C19H24N2O2S. The Morgan fingerprint density at radius 2 is 2.12 bits per heavy atom. The van der Waals surface area contributed by atoms with Crippen LogP contribution in [0.5, 0.6) is 5.75 Å². The van der Waals surface area contributed by atoms with E-state index in [9.17, 15) is 4.79 Å². The van der Waals surface area contributed by atoms with Crippen LogP contribution in [-0.2, 0) is 17.8 Å². The summed E-state index contributed by atoms with van der Waals surface area (Å²) in [7, 11) is 1.88. The molecule has 1 aromatic heterocycles. The molecule has 1 aliphatic heterocycles. The number of amides is 1. The molecule has 0 fully saturated rings. The number of fused-ring (bicyclic) bond motifs is 1. The van der Waals surface area contributed by atoms with Crippen LogP contribution in [0.4, 0.5) is 0 Å². The number of rotatable bonds is 7. The topological polar surface area (TPSA) is 32.8 Å². The minimum atomic E-state index is 0.188. The first-order valence-corrected chi connectivity index (χ1v) is 9.30. The van der Waals surface area contributed by atoms with Gasteiger partial charge in [-0.3, -0.25) is 9.69 Å². The largest absolute Gasteiger partial charge is 0.494 e. The van der Waals surface area contributed by atoms with Crippen LogP contribution in [0, 0.1) is 0 Å². The van der Waals surface area contributed by atoms with E-state index in [0.717, 1.165) is 38.2 Å². The van der Waals surface area contributed by atoms with Crippen LogP contribution >= 0.6 is 11.3 Å². The van der Waals surface area contributed by atoms with Crippen molar-refractivity contribution in [3.63, 3.8) is 0 Å². The fraction of sp³-hybridized carbons (Fsp3) is 0.421. The summed E-state index contributed by atoms with van der Waals surface area (Å²) in [5, 5.41) is 2.15. The van der Waals surface area contributed by atoms with Crippen molar-refractivity contribution in [1.29, 1.82) is 0 Å². The molecule has 0 aliphatic carbocycles. The van der Waals surface area contributed by atoms with Gasteiger partial charge >= 0.3 is 0 Å². The first kappa shape index (κ1) is 17.0. The number of thiophene rings is 1. The second-order valence-corrected chi connectivity index (χ2v) is 7.16. The minimum Gasteiger partial charge on any atom is -0.494 e. The highest BCUT2D eigenvalue weighted by molar-refractivity contribution is 7.10. The molecule has 1 aliphatic rings. The predicted octanol–water partition coefficient (Wildman–Crippen LogP) is 3.03. The molecule has 1 amide bonds. The molecule has 0 N–H and O–H groups in total. The predicted molar refractivity (Wildman–Crippen MR) is 97.5 cm³/mol. The quantitative estimate of drug-likeness (QED) is 0.724. The van der Waals surface area contributed by atoms with E-state index in [1.807, 2.05) is 53.6 Å². The maximum Gasteiger partial charge on any atom is 0.236 e. The second-order valence-electron chi connectivity index (χ2n) is 6.16. The molecule has 4 nitrogen and oxygen atoms in total. The molecule has 0 saturated carbocycles. The van der Waals surface area contributed by atoms with Crippen molar-refractivity contribution in [3.05, 3.63) is 52.2 Å². The number of hydrogen-bond acceptors (Lipinski definition) is 4. The molecule has 0 atom stereocenters. The maximum atomic E-state index is 12.4. The summed E-state index contributed by atoms with van der Waals surface area (Å²) in [6, 6.07) is 12.0. The van der Waals surface area contributed by atoms with Gasteiger partial charge < -0.3 is 9.64 Å². The lowest BCUT2D eigenvalue weighted by atomic mass is 10.1. The molecule has 128 valence electrons. The highest BCUT2D eigenvalue weighted by atomic mass is 32.1. The molecule has 2 aromatic rings. The lowest BCUT2D eigenvalue weighted by Crippen LogP contribution is -2.40. The summed E-state index contributed by atoms with van der Waals surface area (Å²) in [5.41, 5.74) is 1.39. The van der Waals surface area contributed by atoms with Crippen molar-refractivity contribution < 1.29 is 9.53 Å². The minimum absolute atomic E-state index is 0.188. The maximum absolute atomic E-state index is 12.4. The van der Waals surface area contributed by atoms with Gasteiger partial charge in [-0.25, -0.2) is 0 Å². The Bertz CT molecular complexity index is 656. The van der Waals surface area contributed by atoms with Crippen LogP contribution in [0.25, 0.3) is 0 Å². The fourth-order valence-electron chi connectivity index (χ4n) is 2.89. The Morgan fingerprint density at radius 3 is 2.96 bits per heavy atom. The standard InChI is InChI=1S/C19H24N2O2S/c1-20(10-5-12-23-17-6-3-2-4-7-17)19(22)15-21-11-8-18-16(14-21)9-13-24-18/h2-4,6-7,9,13H,5,8,10-12,14-15H2,1H3. The van der Waals surface area contributed by atoms with Crippen LogP contribution in [0.2, 0.25) is 0 Å². The summed E-state index contributed by atoms with van der Waals surface area (Å²) in [5.74, 6) is 1.07. The fourth-order valence-corrected chi connectivity index (χ4v) is 3.78. The van der Waals surface area contributed by atoms with Gasteiger partial charge in [-0.05, 0) is 42.0 Å². The van der Waals surface area contributed by atoms with Gasteiger partial charge in [0.1, 0.15) is 5.75 Å². The Hall–Kier alpha value is -1.85. The highest BCUT2D eigenvalue weighted by Gasteiger charge is 2.20. The average Bonchev–Trinajstić information content (AvgIpc) is 3.07.